The standard InChI is InChI=1S/C19H15F5N6O3/c1-9-27-12(11-6-26-17(32)29-16(11)31)5-15(28-9)30-7-14(18(20,21)8-30)33-10-2-3-25-13(4-10)19(22,23)24/h2-6,14H,7-8H2,1H3,(H2,26,29,31,32)/t14-/m0/s1. The van der Waals surface area contributed by atoms with E-state index in [1.165, 1.54) is 17.9 Å². The number of ether oxygens (including phenoxy) is 1. The van der Waals surface area contributed by atoms with Crippen LogP contribution in [0, 0.1) is 6.92 Å². The molecule has 0 bridgehead atoms. The van der Waals surface area contributed by atoms with E-state index in [0.29, 0.717) is 6.07 Å². The fraction of sp³-hybridized carbons (Fsp3) is 0.316. The molecule has 0 spiro atoms. The summed E-state index contributed by atoms with van der Waals surface area (Å²) < 4.78 is 73.0. The summed E-state index contributed by atoms with van der Waals surface area (Å²) in [6, 6.07) is 2.90. The van der Waals surface area contributed by atoms with Crippen molar-refractivity contribution in [2.45, 2.75) is 25.1 Å². The van der Waals surface area contributed by atoms with Gasteiger partial charge in [0.25, 0.3) is 5.56 Å². The van der Waals surface area contributed by atoms with Gasteiger partial charge in [-0.1, -0.05) is 0 Å². The van der Waals surface area contributed by atoms with Crippen molar-refractivity contribution in [2.75, 3.05) is 18.0 Å². The van der Waals surface area contributed by atoms with E-state index in [0.717, 1.165) is 18.5 Å². The molecule has 1 fully saturated rings. The lowest BCUT2D eigenvalue weighted by Gasteiger charge is -2.19. The van der Waals surface area contributed by atoms with Crippen LogP contribution in [0.2, 0.25) is 0 Å². The monoisotopic (exact) mass is 470 g/mol. The Morgan fingerprint density at radius 3 is 2.67 bits per heavy atom. The maximum absolute atomic E-state index is 14.7. The van der Waals surface area contributed by atoms with Gasteiger partial charge in [0, 0.05) is 24.5 Å². The molecule has 1 atom stereocenters. The highest BCUT2D eigenvalue weighted by molar-refractivity contribution is 5.61. The highest BCUT2D eigenvalue weighted by atomic mass is 19.4. The highest BCUT2D eigenvalue weighted by Gasteiger charge is 2.50. The maximum atomic E-state index is 14.7. The fourth-order valence-electron chi connectivity index (χ4n) is 3.31. The normalized spacial score (nSPS) is 17.9. The second kappa shape index (κ2) is 7.94. The largest absolute Gasteiger partial charge is 0.482 e. The number of aryl methyl sites for hydroxylation is 1. The van der Waals surface area contributed by atoms with E-state index in [4.69, 9.17) is 4.74 Å². The van der Waals surface area contributed by atoms with Crippen LogP contribution in [-0.2, 0) is 6.18 Å². The van der Waals surface area contributed by atoms with Gasteiger partial charge in [-0.2, -0.15) is 13.2 Å². The Kier molecular flexibility index (Phi) is 5.38. The van der Waals surface area contributed by atoms with Gasteiger partial charge in [0.1, 0.15) is 23.1 Å². The second-order valence-electron chi connectivity index (χ2n) is 7.27. The Hall–Kier alpha value is -3.84. The third-order valence-electron chi connectivity index (χ3n) is 4.80. The number of hydrogen-bond acceptors (Lipinski definition) is 7. The van der Waals surface area contributed by atoms with Crippen molar-refractivity contribution in [1.82, 2.24) is 24.9 Å². The molecular weight excluding hydrogens is 455 g/mol. The van der Waals surface area contributed by atoms with Gasteiger partial charge < -0.3 is 14.6 Å². The Bertz CT molecular complexity index is 1310. The number of aromatic amines is 2. The second-order valence-corrected chi connectivity index (χ2v) is 7.27. The van der Waals surface area contributed by atoms with E-state index in [1.54, 1.807) is 0 Å². The smallest absolute Gasteiger partial charge is 0.433 e. The van der Waals surface area contributed by atoms with Crippen LogP contribution in [0.4, 0.5) is 27.8 Å². The summed E-state index contributed by atoms with van der Waals surface area (Å²) in [6.07, 6.45) is -4.56. The van der Waals surface area contributed by atoms with Gasteiger partial charge in [-0.05, 0) is 13.0 Å². The Labute approximate surface area is 181 Å². The van der Waals surface area contributed by atoms with Gasteiger partial charge in [-0.3, -0.25) is 14.8 Å². The lowest BCUT2D eigenvalue weighted by molar-refractivity contribution is -0.141. The predicted octanol–water partition coefficient (Wildman–Crippen LogP) is 2.15. The van der Waals surface area contributed by atoms with Crippen LogP contribution in [0.1, 0.15) is 11.5 Å². The Morgan fingerprint density at radius 1 is 1.21 bits per heavy atom. The van der Waals surface area contributed by atoms with Crippen molar-refractivity contribution in [3.8, 4) is 17.0 Å². The minimum Gasteiger partial charge on any atom is -0.482 e. The van der Waals surface area contributed by atoms with Crippen molar-refractivity contribution in [2.24, 2.45) is 0 Å². The molecule has 0 saturated carbocycles. The fourth-order valence-corrected chi connectivity index (χ4v) is 3.31. The van der Waals surface area contributed by atoms with Gasteiger partial charge >= 0.3 is 17.8 Å². The lowest BCUT2D eigenvalue weighted by atomic mass is 10.2. The zero-order valence-corrected chi connectivity index (χ0v) is 16.8. The number of halogens is 5. The van der Waals surface area contributed by atoms with Crippen LogP contribution in [0.25, 0.3) is 11.3 Å². The number of aromatic nitrogens is 5. The van der Waals surface area contributed by atoms with E-state index >= 15 is 0 Å². The number of nitrogens with zero attached hydrogens (tertiary/aromatic N) is 4. The average Bonchev–Trinajstić information content (AvgIpc) is 3.01. The molecule has 2 N–H and O–H groups in total. The molecule has 0 amide bonds. The number of rotatable bonds is 4. The summed E-state index contributed by atoms with van der Waals surface area (Å²) in [4.78, 5) is 40.2. The van der Waals surface area contributed by atoms with Crippen molar-refractivity contribution >= 4 is 5.82 Å². The summed E-state index contributed by atoms with van der Waals surface area (Å²) in [7, 11) is 0. The first-order valence-electron chi connectivity index (χ1n) is 9.43. The van der Waals surface area contributed by atoms with E-state index in [2.05, 4.69) is 19.9 Å². The van der Waals surface area contributed by atoms with Gasteiger partial charge in [0.15, 0.2) is 6.10 Å². The molecule has 9 nitrogen and oxygen atoms in total. The molecule has 33 heavy (non-hydrogen) atoms. The zero-order chi connectivity index (χ0) is 24.0. The molecule has 3 aromatic heterocycles. The molecular formula is C19H15F5N6O3. The highest BCUT2D eigenvalue weighted by Crippen LogP contribution is 2.35. The number of hydrogen-bond donors (Lipinski definition) is 2. The molecule has 0 radical (unpaired) electrons. The molecule has 1 saturated heterocycles. The summed E-state index contributed by atoms with van der Waals surface area (Å²) in [5.41, 5.74) is -2.63. The van der Waals surface area contributed by atoms with E-state index in [1.807, 2.05) is 4.98 Å². The topological polar surface area (TPSA) is 117 Å². The van der Waals surface area contributed by atoms with E-state index < -0.39 is 54.0 Å². The Morgan fingerprint density at radius 2 is 1.97 bits per heavy atom. The maximum Gasteiger partial charge on any atom is 0.433 e. The molecule has 3 aromatic rings. The van der Waals surface area contributed by atoms with Gasteiger partial charge in [0.2, 0.25) is 0 Å². The van der Waals surface area contributed by atoms with Crippen molar-refractivity contribution in [1.29, 1.82) is 0 Å². The molecule has 0 aliphatic carbocycles. The van der Waals surface area contributed by atoms with Gasteiger partial charge in [0.05, 0.1) is 24.3 Å². The van der Waals surface area contributed by atoms with Crippen molar-refractivity contribution < 1.29 is 26.7 Å². The van der Waals surface area contributed by atoms with Crippen LogP contribution in [-0.4, -0.2) is 50.0 Å². The third kappa shape index (κ3) is 4.68. The number of anilines is 1. The van der Waals surface area contributed by atoms with Crippen LogP contribution < -0.4 is 20.9 Å². The third-order valence-corrected chi connectivity index (χ3v) is 4.80. The minimum atomic E-state index is -4.75. The van der Waals surface area contributed by atoms with Crippen molar-refractivity contribution in [3.05, 3.63) is 62.9 Å². The van der Waals surface area contributed by atoms with E-state index in [9.17, 15) is 31.5 Å². The van der Waals surface area contributed by atoms with Crippen LogP contribution >= 0.6 is 0 Å². The predicted molar refractivity (Wildman–Crippen MR) is 104 cm³/mol. The molecule has 0 unspecified atom stereocenters. The molecule has 1 aliphatic heterocycles. The molecule has 174 valence electrons. The quantitative estimate of drug-likeness (QED) is 0.562. The van der Waals surface area contributed by atoms with Crippen LogP contribution in [0.15, 0.2) is 40.2 Å². The molecule has 1 aliphatic rings. The Balaban J connectivity index is 1.61. The average molecular weight is 470 g/mol. The summed E-state index contributed by atoms with van der Waals surface area (Å²) in [5, 5.41) is 0. The zero-order valence-electron chi connectivity index (χ0n) is 16.8. The molecule has 0 aromatic carbocycles. The first-order valence-corrected chi connectivity index (χ1v) is 9.43. The van der Waals surface area contributed by atoms with Gasteiger partial charge in [-0.15, -0.1) is 0 Å². The molecule has 4 heterocycles. The number of pyridine rings is 1. The lowest BCUT2D eigenvalue weighted by Crippen LogP contribution is -2.36. The van der Waals surface area contributed by atoms with Crippen LogP contribution in [0.5, 0.6) is 5.75 Å². The summed E-state index contributed by atoms with van der Waals surface area (Å²) in [5.74, 6) is -3.59. The van der Waals surface area contributed by atoms with Crippen LogP contribution in [0.3, 0.4) is 0 Å². The number of alkyl halides is 5. The van der Waals surface area contributed by atoms with E-state index in [-0.39, 0.29) is 22.9 Å². The number of H-pyrrole nitrogens is 2. The molecule has 4 rings (SSSR count). The SMILES string of the molecule is Cc1nc(-c2c[nH]c(=O)[nH]c2=O)cc(N2C[C@H](Oc3ccnc(C(F)(F)F)c3)C(F)(F)C2)n1. The minimum absolute atomic E-state index is 0.00317. The first-order chi connectivity index (χ1) is 15.4. The van der Waals surface area contributed by atoms with Crippen molar-refractivity contribution in [3.63, 3.8) is 0 Å². The van der Waals surface area contributed by atoms with Gasteiger partial charge in [-0.25, -0.2) is 23.5 Å². The first kappa shape index (κ1) is 22.4. The summed E-state index contributed by atoms with van der Waals surface area (Å²) >= 11 is 0. The summed E-state index contributed by atoms with van der Waals surface area (Å²) in [6.45, 7) is 0.270. The molecule has 14 heteroatoms. The number of nitrogens with one attached hydrogen (secondary N) is 2.